The van der Waals surface area contributed by atoms with Crippen LogP contribution >= 0.6 is 0 Å². The fourth-order valence-corrected chi connectivity index (χ4v) is 2.16. The molecule has 100 valence electrons. The number of hydrogen-bond acceptors (Lipinski definition) is 5. The highest BCUT2D eigenvalue weighted by Gasteiger charge is 2.30. The molecule has 2 aliphatic rings. The summed E-state index contributed by atoms with van der Waals surface area (Å²) < 4.78 is 10.1. The molecular weight excluding hydrogens is 248 g/mol. The van der Waals surface area contributed by atoms with E-state index in [9.17, 15) is 14.4 Å². The summed E-state index contributed by atoms with van der Waals surface area (Å²) in [4.78, 5) is 33.8. The Kier molecular flexibility index (Phi) is 3.64. The van der Waals surface area contributed by atoms with Gasteiger partial charge in [0.05, 0.1) is 5.92 Å². The standard InChI is InChI=1S/C14H14O5/c1-8(15)18-13-6-4-11-10(3-5-12(11)17)7-14(13)19-9(2)16/h4,6-7,11H,3,5H2,1-2H3. The zero-order chi connectivity index (χ0) is 14.0. The summed E-state index contributed by atoms with van der Waals surface area (Å²) >= 11 is 0. The Morgan fingerprint density at radius 2 is 1.74 bits per heavy atom. The third kappa shape index (κ3) is 2.99. The molecule has 1 fully saturated rings. The molecule has 1 saturated carbocycles. The van der Waals surface area contributed by atoms with Crippen molar-refractivity contribution in [2.75, 3.05) is 0 Å². The molecule has 2 rings (SSSR count). The molecular formula is C14H14O5. The molecule has 0 radical (unpaired) electrons. The lowest BCUT2D eigenvalue weighted by Gasteiger charge is -2.08. The van der Waals surface area contributed by atoms with Crippen LogP contribution in [0.4, 0.5) is 0 Å². The number of fused-ring (bicyclic) bond motifs is 1. The Balaban J connectivity index is 2.40. The van der Waals surface area contributed by atoms with Crippen LogP contribution in [-0.4, -0.2) is 17.7 Å². The van der Waals surface area contributed by atoms with E-state index in [2.05, 4.69) is 0 Å². The number of allylic oxidation sites excluding steroid dienone is 4. The number of esters is 2. The topological polar surface area (TPSA) is 69.7 Å². The first kappa shape index (κ1) is 13.3. The fourth-order valence-electron chi connectivity index (χ4n) is 2.16. The second-order valence-corrected chi connectivity index (χ2v) is 4.44. The molecule has 5 nitrogen and oxygen atoms in total. The Labute approximate surface area is 110 Å². The minimum Gasteiger partial charge on any atom is -0.423 e. The van der Waals surface area contributed by atoms with Crippen molar-refractivity contribution in [2.24, 2.45) is 5.92 Å². The molecule has 19 heavy (non-hydrogen) atoms. The van der Waals surface area contributed by atoms with Crippen molar-refractivity contribution in [1.29, 1.82) is 0 Å². The summed E-state index contributed by atoms with van der Waals surface area (Å²) in [5.74, 6) is -0.885. The molecule has 0 N–H and O–H groups in total. The van der Waals surface area contributed by atoms with Gasteiger partial charge in [0.15, 0.2) is 11.5 Å². The van der Waals surface area contributed by atoms with E-state index in [1.807, 2.05) is 0 Å². The van der Waals surface area contributed by atoms with Crippen molar-refractivity contribution >= 4 is 17.7 Å². The van der Waals surface area contributed by atoms with Crippen molar-refractivity contribution < 1.29 is 23.9 Å². The summed E-state index contributed by atoms with van der Waals surface area (Å²) in [6.07, 6.45) is 5.92. The maximum absolute atomic E-state index is 11.7. The lowest BCUT2D eigenvalue weighted by atomic mass is 10.0. The monoisotopic (exact) mass is 262 g/mol. The zero-order valence-corrected chi connectivity index (χ0v) is 10.8. The maximum atomic E-state index is 11.7. The van der Waals surface area contributed by atoms with Gasteiger partial charge in [0, 0.05) is 20.3 Å². The summed E-state index contributed by atoms with van der Waals surface area (Å²) in [6, 6.07) is 0. The molecule has 1 unspecified atom stereocenters. The third-order valence-electron chi connectivity index (χ3n) is 2.91. The van der Waals surface area contributed by atoms with Gasteiger partial charge in [0.2, 0.25) is 0 Å². The first-order valence-corrected chi connectivity index (χ1v) is 6.00. The minimum atomic E-state index is -0.513. The summed E-state index contributed by atoms with van der Waals surface area (Å²) in [5.41, 5.74) is 0.875. The van der Waals surface area contributed by atoms with E-state index in [0.717, 1.165) is 5.57 Å². The lowest BCUT2D eigenvalue weighted by molar-refractivity contribution is -0.140. The molecule has 0 bridgehead atoms. The Morgan fingerprint density at radius 3 is 2.37 bits per heavy atom. The molecule has 2 aliphatic carbocycles. The molecule has 5 heteroatoms. The quantitative estimate of drug-likeness (QED) is 0.710. The molecule has 0 aliphatic heterocycles. The van der Waals surface area contributed by atoms with Gasteiger partial charge in [-0.3, -0.25) is 14.4 Å². The molecule has 0 spiro atoms. The van der Waals surface area contributed by atoms with Crippen LogP contribution in [0.3, 0.4) is 0 Å². The summed E-state index contributed by atoms with van der Waals surface area (Å²) in [6.45, 7) is 2.53. The van der Waals surface area contributed by atoms with Crippen molar-refractivity contribution in [1.82, 2.24) is 0 Å². The van der Waals surface area contributed by atoms with E-state index in [-0.39, 0.29) is 23.2 Å². The normalized spacial score (nSPS) is 21.7. The van der Waals surface area contributed by atoms with Crippen LogP contribution in [0.1, 0.15) is 26.7 Å². The zero-order valence-electron chi connectivity index (χ0n) is 10.8. The molecule has 0 amide bonds. The second kappa shape index (κ2) is 5.22. The second-order valence-electron chi connectivity index (χ2n) is 4.44. The number of hydrogen-bond donors (Lipinski definition) is 0. The fraction of sp³-hybridized carbons (Fsp3) is 0.357. The van der Waals surface area contributed by atoms with E-state index in [4.69, 9.17) is 9.47 Å². The van der Waals surface area contributed by atoms with Gasteiger partial charge in [-0.15, -0.1) is 0 Å². The number of Topliss-reactive ketones (excluding diaryl/α,β-unsaturated/α-hetero) is 1. The number of carbonyl (C=O) groups excluding carboxylic acids is 3. The van der Waals surface area contributed by atoms with Crippen molar-refractivity contribution in [3.8, 4) is 0 Å². The first-order chi connectivity index (χ1) is 8.97. The van der Waals surface area contributed by atoms with Gasteiger partial charge in [-0.1, -0.05) is 11.6 Å². The van der Waals surface area contributed by atoms with Gasteiger partial charge in [-0.05, 0) is 18.6 Å². The van der Waals surface area contributed by atoms with E-state index < -0.39 is 11.9 Å². The van der Waals surface area contributed by atoms with E-state index in [0.29, 0.717) is 12.8 Å². The van der Waals surface area contributed by atoms with E-state index in [1.54, 1.807) is 12.2 Å². The van der Waals surface area contributed by atoms with Crippen LogP contribution in [0.2, 0.25) is 0 Å². The highest BCUT2D eigenvalue weighted by atomic mass is 16.6. The van der Waals surface area contributed by atoms with E-state index >= 15 is 0 Å². The first-order valence-electron chi connectivity index (χ1n) is 6.00. The molecule has 0 aromatic rings. The van der Waals surface area contributed by atoms with Gasteiger partial charge in [-0.25, -0.2) is 0 Å². The Hall–Kier alpha value is -2.17. The molecule has 0 aromatic carbocycles. The highest BCUT2D eigenvalue weighted by Crippen LogP contribution is 2.33. The Morgan fingerprint density at radius 1 is 1.11 bits per heavy atom. The number of ketones is 1. The SMILES string of the molecule is CC(=O)OC1=C(OC(C)=O)C=C2CCC(=O)C2C=C1. The van der Waals surface area contributed by atoms with Crippen LogP contribution in [-0.2, 0) is 23.9 Å². The van der Waals surface area contributed by atoms with Gasteiger partial charge < -0.3 is 9.47 Å². The minimum absolute atomic E-state index is 0.119. The average Bonchev–Trinajstić information content (AvgIpc) is 2.54. The summed E-state index contributed by atoms with van der Waals surface area (Å²) in [5, 5.41) is 0. The number of ether oxygens (including phenoxy) is 2. The number of carbonyl (C=O) groups is 3. The van der Waals surface area contributed by atoms with Crippen LogP contribution < -0.4 is 0 Å². The smallest absolute Gasteiger partial charge is 0.308 e. The Bertz CT molecular complexity index is 536. The molecule has 0 aromatic heterocycles. The van der Waals surface area contributed by atoms with Crippen LogP contribution in [0.15, 0.2) is 35.3 Å². The van der Waals surface area contributed by atoms with Gasteiger partial charge in [0.25, 0.3) is 0 Å². The third-order valence-corrected chi connectivity index (χ3v) is 2.91. The largest absolute Gasteiger partial charge is 0.423 e. The van der Waals surface area contributed by atoms with Crippen LogP contribution in [0, 0.1) is 5.92 Å². The van der Waals surface area contributed by atoms with Crippen molar-refractivity contribution in [3.63, 3.8) is 0 Å². The van der Waals surface area contributed by atoms with Crippen LogP contribution in [0.25, 0.3) is 0 Å². The van der Waals surface area contributed by atoms with Crippen LogP contribution in [0.5, 0.6) is 0 Å². The molecule has 1 atom stereocenters. The summed E-state index contributed by atoms with van der Waals surface area (Å²) in [7, 11) is 0. The lowest BCUT2D eigenvalue weighted by Crippen LogP contribution is -2.05. The highest BCUT2D eigenvalue weighted by molar-refractivity contribution is 5.89. The van der Waals surface area contributed by atoms with E-state index in [1.165, 1.54) is 19.9 Å². The van der Waals surface area contributed by atoms with Crippen molar-refractivity contribution in [2.45, 2.75) is 26.7 Å². The number of rotatable bonds is 2. The average molecular weight is 262 g/mol. The van der Waals surface area contributed by atoms with Gasteiger partial charge >= 0.3 is 11.9 Å². The van der Waals surface area contributed by atoms with Gasteiger partial charge in [0.1, 0.15) is 5.78 Å². The molecule has 0 heterocycles. The van der Waals surface area contributed by atoms with Gasteiger partial charge in [-0.2, -0.15) is 0 Å². The predicted octanol–water partition coefficient (Wildman–Crippen LogP) is 1.80. The van der Waals surface area contributed by atoms with Crippen molar-refractivity contribution in [3.05, 3.63) is 35.3 Å². The maximum Gasteiger partial charge on any atom is 0.308 e. The molecule has 0 saturated heterocycles. The predicted molar refractivity (Wildman–Crippen MR) is 65.5 cm³/mol.